The molecule has 0 saturated carbocycles. The first-order valence-electron chi connectivity index (χ1n) is 5.15. The second kappa shape index (κ2) is 4.61. The highest BCUT2D eigenvalue weighted by molar-refractivity contribution is 5.74. The molecule has 0 spiro atoms. The van der Waals surface area contributed by atoms with Crippen molar-refractivity contribution in [3.63, 3.8) is 0 Å². The van der Waals surface area contributed by atoms with Gasteiger partial charge in [0.05, 0.1) is 0 Å². The highest BCUT2D eigenvalue weighted by Gasteiger charge is 2.05. The van der Waals surface area contributed by atoms with Crippen LogP contribution in [0, 0.1) is 0 Å². The predicted molar refractivity (Wildman–Crippen MR) is 66.8 cm³/mol. The van der Waals surface area contributed by atoms with Crippen molar-refractivity contribution in [3.8, 4) is 17.2 Å². The summed E-state index contributed by atoms with van der Waals surface area (Å²) < 4.78 is 0. The van der Waals surface area contributed by atoms with Crippen LogP contribution in [0.5, 0.6) is 17.2 Å². The van der Waals surface area contributed by atoms with E-state index in [0.717, 1.165) is 11.6 Å². The van der Waals surface area contributed by atoms with E-state index in [1.54, 1.807) is 12.2 Å². The van der Waals surface area contributed by atoms with Crippen LogP contribution in [0.1, 0.15) is 11.1 Å². The predicted octanol–water partition coefficient (Wildman–Crippen LogP) is 2.97. The third kappa shape index (κ3) is 2.58. The summed E-state index contributed by atoms with van der Waals surface area (Å²) in [4.78, 5) is 0. The van der Waals surface area contributed by atoms with Gasteiger partial charge in [-0.05, 0) is 11.6 Å². The second-order valence-corrected chi connectivity index (χ2v) is 3.65. The van der Waals surface area contributed by atoms with Gasteiger partial charge >= 0.3 is 0 Å². The summed E-state index contributed by atoms with van der Waals surface area (Å²) in [6.45, 7) is 0. The molecule has 86 valence electrons. The van der Waals surface area contributed by atoms with Gasteiger partial charge in [0, 0.05) is 11.6 Å². The molecule has 0 fully saturated rings. The third-order valence-electron chi connectivity index (χ3n) is 2.36. The van der Waals surface area contributed by atoms with Crippen LogP contribution in [0.25, 0.3) is 12.2 Å². The molecular weight excluding hydrogens is 216 g/mol. The fourth-order valence-electron chi connectivity index (χ4n) is 1.50. The number of rotatable bonds is 2. The van der Waals surface area contributed by atoms with Gasteiger partial charge in [0.1, 0.15) is 5.75 Å². The van der Waals surface area contributed by atoms with Gasteiger partial charge in [0.15, 0.2) is 11.5 Å². The Labute approximate surface area is 98.9 Å². The molecule has 0 unspecified atom stereocenters. The Morgan fingerprint density at radius 2 is 1.53 bits per heavy atom. The Hall–Kier alpha value is -2.42. The molecule has 0 aromatic heterocycles. The minimum absolute atomic E-state index is 0.0898. The fraction of sp³-hybridized carbons (Fsp3) is 0. The summed E-state index contributed by atoms with van der Waals surface area (Å²) in [5, 5.41) is 28.2. The van der Waals surface area contributed by atoms with Crippen LogP contribution in [-0.4, -0.2) is 15.3 Å². The van der Waals surface area contributed by atoms with Gasteiger partial charge in [0.2, 0.25) is 0 Å². The summed E-state index contributed by atoms with van der Waals surface area (Å²) in [7, 11) is 0. The van der Waals surface area contributed by atoms with Crippen molar-refractivity contribution in [1.82, 2.24) is 0 Å². The van der Waals surface area contributed by atoms with E-state index in [0.29, 0.717) is 5.56 Å². The molecule has 2 rings (SSSR count). The maximum absolute atomic E-state index is 9.59. The first-order valence-corrected chi connectivity index (χ1v) is 5.15. The van der Waals surface area contributed by atoms with E-state index in [2.05, 4.69) is 0 Å². The van der Waals surface area contributed by atoms with Gasteiger partial charge < -0.3 is 15.3 Å². The first-order chi connectivity index (χ1) is 8.16. The van der Waals surface area contributed by atoms with Crippen LogP contribution in [-0.2, 0) is 0 Å². The SMILES string of the molecule is Oc1cc(O)c(O)c(/C=C/c2ccccc2)c1. The van der Waals surface area contributed by atoms with Gasteiger partial charge in [-0.25, -0.2) is 0 Å². The van der Waals surface area contributed by atoms with E-state index >= 15 is 0 Å². The Morgan fingerprint density at radius 1 is 0.824 bits per heavy atom. The molecule has 0 heterocycles. The third-order valence-corrected chi connectivity index (χ3v) is 2.36. The normalized spacial score (nSPS) is 10.8. The van der Waals surface area contributed by atoms with E-state index in [1.807, 2.05) is 30.3 Å². The van der Waals surface area contributed by atoms with Gasteiger partial charge in [-0.1, -0.05) is 42.5 Å². The van der Waals surface area contributed by atoms with Crippen molar-refractivity contribution < 1.29 is 15.3 Å². The van der Waals surface area contributed by atoms with Crippen molar-refractivity contribution in [2.24, 2.45) is 0 Å². The van der Waals surface area contributed by atoms with E-state index in [9.17, 15) is 15.3 Å². The van der Waals surface area contributed by atoms with E-state index < -0.39 is 0 Å². The molecule has 0 amide bonds. The molecule has 2 aromatic carbocycles. The monoisotopic (exact) mass is 228 g/mol. The zero-order valence-corrected chi connectivity index (χ0v) is 9.04. The Balaban J connectivity index is 2.33. The van der Waals surface area contributed by atoms with Crippen molar-refractivity contribution in [1.29, 1.82) is 0 Å². The molecular formula is C14H12O3. The van der Waals surface area contributed by atoms with Crippen LogP contribution < -0.4 is 0 Å². The Bertz CT molecular complexity index is 545. The van der Waals surface area contributed by atoms with Crippen molar-refractivity contribution >= 4 is 12.2 Å². The molecule has 3 N–H and O–H groups in total. The first kappa shape index (κ1) is 11.1. The smallest absolute Gasteiger partial charge is 0.165 e. The number of benzene rings is 2. The van der Waals surface area contributed by atoms with E-state index in [4.69, 9.17) is 0 Å². The van der Waals surface area contributed by atoms with Crippen molar-refractivity contribution in [3.05, 3.63) is 53.6 Å². The molecule has 0 atom stereocenters. The molecule has 0 aliphatic rings. The molecule has 2 aromatic rings. The van der Waals surface area contributed by atoms with Crippen molar-refractivity contribution in [2.45, 2.75) is 0 Å². The summed E-state index contributed by atoms with van der Waals surface area (Å²) in [5.41, 5.74) is 1.33. The van der Waals surface area contributed by atoms with Gasteiger partial charge in [-0.15, -0.1) is 0 Å². The lowest BCUT2D eigenvalue weighted by atomic mass is 10.1. The van der Waals surface area contributed by atoms with Crippen LogP contribution in [0.4, 0.5) is 0 Å². The molecule has 0 bridgehead atoms. The maximum Gasteiger partial charge on any atom is 0.165 e. The number of phenolic OH excluding ortho intramolecular Hbond substituents is 3. The quantitative estimate of drug-likeness (QED) is 0.420. The molecule has 17 heavy (non-hydrogen) atoms. The fourth-order valence-corrected chi connectivity index (χ4v) is 1.50. The lowest BCUT2D eigenvalue weighted by Gasteiger charge is -2.03. The molecule has 3 nitrogen and oxygen atoms in total. The molecule has 0 saturated heterocycles. The molecule has 0 aliphatic heterocycles. The highest BCUT2D eigenvalue weighted by atomic mass is 16.3. The summed E-state index contributed by atoms with van der Waals surface area (Å²) >= 11 is 0. The van der Waals surface area contributed by atoms with Gasteiger partial charge in [-0.2, -0.15) is 0 Å². The number of phenols is 3. The number of aromatic hydroxyl groups is 3. The molecule has 0 aliphatic carbocycles. The van der Waals surface area contributed by atoms with Gasteiger partial charge in [-0.3, -0.25) is 0 Å². The molecule has 3 heteroatoms. The van der Waals surface area contributed by atoms with Crippen LogP contribution in [0.15, 0.2) is 42.5 Å². The van der Waals surface area contributed by atoms with Crippen molar-refractivity contribution in [2.75, 3.05) is 0 Å². The lowest BCUT2D eigenvalue weighted by molar-refractivity contribution is 0.395. The summed E-state index contributed by atoms with van der Waals surface area (Å²) in [5.74, 6) is -0.666. The second-order valence-electron chi connectivity index (χ2n) is 3.65. The minimum atomic E-state index is -0.335. The zero-order valence-electron chi connectivity index (χ0n) is 9.04. The Kier molecular flexibility index (Phi) is 3.01. The van der Waals surface area contributed by atoms with Crippen LogP contribution >= 0.6 is 0 Å². The average Bonchev–Trinajstić information content (AvgIpc) is 2.33. The summed E-state index contributed by atoms with van der Waals surface area (Å²) in [6.07, 6.45) is 3.41. The lowest BCUT2D eigenvalue weighted by Crippen LogP contribution is -1.77. The van der Waals surface area contributed by atoms with E-state index in [1.165, 1.54) is 6.07 Å². The largest absolute Gasteiger partial charge is 0.508 e. The summed E-state index contributed by atoms with van der Waals surface area (Å²) in [6, 6.07) is 12.0. The Morgan fingerprint density at radius 3 is 2.24 bits per heavy atom. The highest BCUT2D eigenvalue weighted by Crippen LogP contribution is 2.34. The topological polar surface area (TPSA) is 60.7 Å². The average molecular weight is 228 g/mol. The van der Waals surface area contributed by atoms with Gasteiger partial charge in [0.25, 0.3) is 0 Å². The van der Waals surface area contributed by atoms with E-state index in [-0.39, 0.29) is 17.2 Å². The minimum Gasteiger partial charge on any atom is -0.508 e. The zero-order chi connectivity index (χ0) is 12.3. The van der Waals surface area contributed by atoms with Crippen LogP contribution in [0.2, 0.25) is 0 Å². The number of hydrogen-bond donors (Lipinski definition) is 3. The molecule has 0 radical (unpaired) electrons. The maximum atomic E-state index is 9.59. The van der Waals surface area contributed by atoms with Crippen LogP contribution in [0.3, 0.4) is 0 Å². The number of hydrogen-bond acceptors (Lipinski definition) is 3. The standard InChI is InChI=1S/C14H12O3/c15-12-8-11(14(17)13(16)9-12)7-6-10-4-2-1-3-5-10/h1-9,15-17H/b7-6+.